The molecule has 1 heterocycles. The molecule has 0 aliphatic carbocycles. The van der Waals surface area contributed by atoms with Crippen LogP contribution in [0.1, 0.15) is 11.3 Å². The Hall–Kier alpha value is -2.37. The summed E-state index contributed by atoms with van der Waals surface area (Å²) in [6, 6.07) is 8.53. The van der Waals surface area contributed by atoms with Crippen molar-refractivity contribution in [3.63, 3.8) is 0 Å². The van der Waals surface area contributed by atoms with Crippen LogP contribution in [0.2, 0.25) is 0 Å². The maximum absolute atomic E-state index is 13.4. The molecule has 5 nitrogen and oxygen atoms in total. The predicted molar refractivity (Wildman–Crippen MR) is 72.0 cm³/mol. The van der Waals surface area contributed by atoms with E-state index < -0.39 is 0 Å². The fourth-order valence-corrected chi connectivity index (χ4v) is 1.60. The van der Waals surface area contributed by atoms with Gasteiger partial charge in [0.05, 0.1) is 12.2 Å². The number of guanidine groups is 1. The Morgan fingerprint density at radius 1 is 1.26 bits per heavy atom. The molecular formula is C13H16FN5. The Kier molecular flexibility index (Phi) is 4.49. The van der Waals surface area contributed by atoms with Gasteiger partial charge in [-0.05, 0) is 12.1 Å². The number of aromatic nitrogens is 2. The maximum Gasteiger partial charge on any atom is 0.191 e. The highest BCUT2D eigenvalue weighted by atomic mass is 19.1. The molecule has 0 aliphatic rings. The number of benzene rings is 1. The molecule has 0 unspecified atom stereocenters. The first-order valence-electron chi connectivity index (χ1n) is 5.96. The minimum Gasteiger partial charge on any atom is -0.352 e. The molecule has 2 rings (SSSR count). The Labute approximate surface area is 111 Å². The van der Waals surface area contributed by atoms with Crippen molar-refractivity contribution in [3.8, 4) is 0 Å². The SMILES string of the molecule is CN=C(NCc1ccn[nH]1)NCc1ccccc1F. The highest BCUT2D eigenvalue weighted by Gasteiger charge is 2.02. The lowest BCUT2D eigenvalue weighted by Gasteiger charge is -2.11. The Morgan fingerprint density at radius 2 is 2.05 bits per heavy atom. The number of H-pyrrole nitrogens is 1. The third kappa shape index (κ3) is 3.80. The highest BCUT2D eigenvalue weighted by molar-refractivity contribution is 5.79. The molecule has 1 aromatic carbocycles. The molecule has 0 saturated carbocycles. The summed E-state index contributed by atoms with van der Waals surface area (Å²) in [5.41, 5.74) is 1.56. The first kappa shape index (κ1) is 13.1. The van der Waals surface area contributed by atoms with Crippen molar-refractivity contribution < 1.29 is 4.39 Å². The number of halogens is 1. The van der Waals surface area contributed by atoms with E-state index in [4.69, 9.17) is 0 Å². The lowest BCUT2D eigenvalue weighted by Crippen LogP contribution is -2.36. The van der Waals surface area contributed by atoms with Crippen molar-refractivity contribution in [3.05, 3.63) is 53.6 Å². The van der Waals surface area contributed by atoms with Gasteiger partial charge >= 0.3 is 0 Å². The van der Waals surface area contributed by atoms with Crippen LogP contribution >= 0.6 is 0 Å². The van der Waals surface area contributed by atoms with Gasteiger partial charge in [-0.1, -0.05) is 18.2 Å². The van der Waals surface area contributed by atoms with E-state index >= 15 is 0 Å². The summed E-state index contributed by atoms with van der Waals surface area (Å²) < 4.78 is 13.4. The molecule has 0 amide bonds. The molecule has 100 valence electrons. The minimum absolute atomic E-state index is 0.223. The zero-order chi connectivity index (χ0) is 13.5. The Morgan fingerprint density at radius 3 is 2.74 bits per heavy atom. The lowest BCUT2D eigenvalue weighted by atomic mass is 10.2. The van der Waals surface area contributed by atoms with Crippen LogP contribution in [0, 0.1) is 5.82 Å². The molecule has 0 aliphatic heterocycles. The van der Waals surface area contributed by atoms with Gasteiger partial charge in [-0.25, -0.2) is 4.39 Å². The van der Waals surface area contributed by atoms with E-state index in [2.05, 4.69) is 25.8 Å². The fraction of sp³-hybridized carbons (Fsp3) is 0.231. The van der Waals surface area contributed by atoms with Gasteiger partial charge in [-0.3, -0.25) is 10.1 Å². The van der Waals surface area contributed by atoms with E-state index in [0.29, 0.717) is 24.6 Å². The molecule has 0 atom stereocenters. The van der Waals surface area contributed by atoms with Gasteiger partial charge in [0, 0.05) is 25.4 Å². The summed E-state index contributed by atoms with van der Waals surface area (Å²) in [6.45, 7) is 0.965. The Bertz CT molecular complexity index is 536. The quantitative estimate of drug-likeness (QED) is 0.576. The van der Waals surface area contributed by atoms with Crippen LogP contribution in [0.25, 0.3) is 0 Å². The summed E-state index contributed by atoms with van der Waals surface area (Å²) in [4.78, 5) is 4.07. The predicted octanol–water partition coefficient (Wildman–Crippen LogP) is 1.41. The number of rotatable bonds is 4. The first-order chi connectivity index (χ1) is 9.29. The number of nitrogens with one attached hydrogen (secondary N) is 3. The number of nitrogens with zero attached hydrogens (tertiary/aromatic N) is 2. The maximum atomic E-state index is 13.4. The molecule has 2 aromatic rings. The molecule has 0 fully saturated rings. The monoisotopic (exact) mass is 261 g/mol. The molecule has 3 N–H and O–H groups in total. The zero-order valence-corrected chi connectivity index (χ0v) is 10.7. The van der Waals surface area contributed by atoms with Crippen molar-refractivity contribution in [1.82, 2.24) is 20.8 Å². The van der Waals surface area contributed by atoms with E-state index in [1.165, 1.54) is 6.07 Å². The van der Waals surface area contributed by atoms with Gasteiger partial charge in [0.2, 0.25) is 0 Å². The van der Waals surface area contributed by atoms with Crippen LogP contribution < -0.4 is 10.6 Å². The minimum atomic E-state index is -0.223. The second kappa shape index (κ2) is 6.53. The fourth-order valence-electron chi connectivity index (χ4n) is 1.60. The molecule has 0 saturated heterocycles. The van der Waals surface area contributed by atoms with Gasteiger partial charge in [0.25, 0.3) is 0 Å². The van der Waals surface area contributed by atoms with Gasteiger partial charge in [0.1, 0.15) is 5.82 Å². The molecule has 6 heteroatoms. The van der Waals surface area contributed by atoms with Crippen molar-refractivity contribution >= 4 is 5.96 Å². The summed E-state index contributed by atoms with van der Waals surface area (Å²) in [6.07, 6.45) is 1.69. The standard InChI is InChI=1S/C13H16FN5/c1-15-13(17-9-11-6-7-18-19-11)16-8-10-4-2-3-5-12(10)14/h2-7H,8-9H2,1H3,(H,18,19)(H2,15,16,17). The smallest absolute Gasteiger partial charge is 0.191 e. The third-order valence-electron chi connectivity index (χ3n) is 2.63. The van der Waals surface area contributed by atoms with Crippen molar-refractivity contribution in [2.75, 3.05) is 7.05 Å². The molecular weight excluding hydrogens is 245 g/mol. The topological polar surface area (TPSA) is 65.1 Å². The molecule has 0 bridgehead atoms. The van der Waals surface area contributed by atoms with Crippen LogP contribution in [0.15, 0.2) is 41.5 Å². The van der Waals surface area contributed by atoms with Crippen LogP contribution in [0.3, 0.4) is 0 Å². The van der Waals surface area contributed by atoms with Crippen molar-refractivity contribution in [1.29, 1.82) is 0 Å². The van der Waals surface area contributed by atoms with Gasteiger partial charge in [-0.2, -0.15) is 5.10 Å². The molecule has 19 heavy (non-hydrogen) atoms. The van der Waals surface area contributed by atoms with E-state index in [9.17, 15) is 4.39 Å². The number of hydrogen-bond acceptors (Lipinski definition) is 2. The van der Waals surface area contributed by atoms with Gasteiger partial charge in [-0.15, -0.1) is 0 Å². The first-order valence-corrected chi connectivity index (χ1v) is 5.96. The van der Waals surface area contributed by atoms with Crippen LogP contribution in [0.4, 0.5) is 4.39 Å². The third-order valence-corrected chi connectivity index (χ3v) is 2.63. The highest BCUT2D eigenvalue weighted by Crippen LogP contribution is 2.05. The van der Waals surface area contributed by atoms with Crippen LogP contribution in [0.5, 0.6) is 0 Å². The van der Waals surface area contributed by atoms with E-state index in [-0.39, 0.29) is 5.82 Å². The molecule has 1 aromatic heterocycles. The summed E-state index contributed by atoms with van der Waals surface area (Å²) in [5, 5.41) is 12.9. The second-order valence-corrected chi connectivity index (χ2v) is 3.95. The van der Waals surface area contributed by atoms with Gasteiger partial charge in [0.15, 0.2) is 5.96 Å². The number of aliphatic imine (C=N–C) groups is 1. The average Bonchev–Trinajstić information content (AvgIpc) is 2.94. The van der Waals surface area contributed by atoms with Crippen LogP contribution in [-0.4, -0.2) is 23.2 Å². The van der Waals surface area contributed by atoms with Crippen molar-refractivity contribution in [2.45, 2.75) is 13.1 Å². The number of hydrogen-bond donors (Lipinski definition) is 3. The number of aromatic amines is 1. The largest absolute Gasteiger partial charge is 0.352 e. The van der Waals surface area contributed by atoms with E-state index in [0.717, 1.165) is 5.69 Å². The summed E-state index contributed by atoms with van der Waals surface area (Å²) in [7, 11) is 1.67. The van der Waals surface area contributed by atoms with Crippen molar-refractivity contribution in [2.24, 2.45) is 4.99 Å². The van der Waals surface area contributed by atoms with E-state index in [1.807, 2.05) is 6.07 Å². The Balaban J connectivity index is 1.85. The summed E-state index contributed by atoms with van der Waals surface area (Å²) in [5.74, 6) is 0.386. The average molecular weight is 261 g/mol. The normalized spacial score (nSPS) is 11.4. The summed E-state index contributed by atoms with van der Waals surface area (Å²) >= 11 is 0. The molecule has 0 radical (unpaired) electrons. The zero-order valence-electron chi connectivity index (χ0n) is 10.7. The molecule has 0 spiro atoms. The van der Waals surface area contributed by atoms with E-state index in [1.54, 1.807) is 31.4 Å². The van der Waals surface area contributed by atoms with Gasteiger partial charge < -0.3 is 10.6 Å². The lowest BCUT2D eigenvalue weighted by molar-refractivity contribution is 0.604. The second-order valence-electron chi connectivity index (χ2n) is 3.95. The van der Waals surface area contributed by atoms with Crippen LogP contribution in [-0.2, 0) is 13.1 Å².